The Morgan fingerprint density at radius 3 is 3.17 bits per heavy atom. The highest BCUT2D eigenvalue weighted by atomic mass is 32.1. The Morgan fingerprint density at radius 2 is 2.43 bits per heavy atom. The minimum atomic E-state index is 0.168. The third kappa shape index (κ3) is 3.80. The highest BCUT2D eigenvalue weighted by molar-refractivity contribution is 7.10. The predicted octanol–water partition coefficient (Wildman–Crippen LogP) is 3.59. The molecule has 0 aliphatic carbocycles. The van der Waals surface area contributed by atoms with E-state index < -0.39 is 0 Å². The average Bonchev–Trinajstić information content (AvgIpc) is 3.26. The molecule has 0 saturated carbocycles. The van der Waals surface area contributed by atoms with E-state index in [1.807, 2.05) is 22.4 Å². The van der Waals surface area contributed by atoms with E-state index in [9.17, 15) is 4.79 Å². The molecule has 1 saturated heterocycles. The van der Waals surface area contributed by atoms with Crippen molar-refractivity contribution in [1.82, 2.24) is 15.0 Å². The summed E-state index contributed by atoms with van der Waals surface area (Å²) in [5.41, 5.74) is 0. The Morgan fingerprint density at radius 1 is 1.57 bits per heavy atom. The van der Waals surface area contributed by atoms with Crippen molar-refractivity contribution in [3.63, 3.8) is 0 Å². The van der Waals surface area contributed by atoms with E-state index in [0.29, 0.717) is 24.8 Å². The molecule has 0 spiro atoms. The summed E-state index contributed by atoms with van der Waals surface area (Å²) >= 11 is 1.63. The third-order valence-corrected chi connectivity index (χ3v) is 5.42. The molecular weight excluding hydrogens is 310 g/mol. The van der Waals surface area contributed by atoms with E-state index in [1.54, 1.807) is 11.3 Å². The van der Waals surface area contributed by atoms with Gasteiger partial charge in [-0.25, -0.2) is 0 Å². The first-order chi connectivity index (χ1) is 11.2. The van der Waals surface area contributed by atoms with Crippen LogP contribution in [0.2, 0.25) is 0 Å². The van der Waals surface area contributed by atoms with E-state index >= 15 is 0 Å². The van der Waals surface area contributed by atoms with Gasteiger partial charge in [-0.15, -0.1) is 11.3 Å². The number of carbonyl (C=O) groups is 1. The number of amides is 1. The van der Waals surface area contributed by atoms with Crippen LogP contribution in [0.4, 0.5) is 0 Å². The van der Waals surface area contributed by atoms with E-state index in [0.717, 1.165) is 36.5 Å². The van der Waals surface area contributed by atoms with Crippen LogP contribution in [0.3, 0.4) is 0 Å². The van der Waals surface area contributed by atoms with Crippen molar-refractivity contribution in [2.24, 2.45) is 0 Å². The van der Waals surface area contributed by atoms with Crippen LogP contribution in [0.25, 0.3) is 0 Å². The number of piperidine rings is 1. The van der Waals surface area contributed by atoms with Gasteiger partial charge in [0.25, 0.3) is 0 Å². The second-order valence-corrected chi connectivity index (χ2v) is 7.27. The Labute approximate surface area is 140 Å². The SMILES string of the molecule is CC[C@H](C)c1noc([C@H]2CCCN(C(=O)Cc3cccs3)C2)n1. The van der Waals surface area contributed by atoms with Crippen LogP contribution in [0, 0.1) is 0 Å². The number of carbonyl (C=O) groups excluding carboxylic acids is 1. The second kappa shape index (κ2) is 7.25. The van der Waals surface area contributed by atoms with Crippen molar-refractivity contribution >= 4 is 17.2 Å². The van der Waals surface area contributed by atoms with Crippen LogP contribution in [-0.2, 0) is 11.2 Å². The Bertz CT molecular complexity index is 638. The molecule has 2 aromatic heterocycles. The summed E-state index contributed by atoms with van der Waals surface area (Å²) in [6.07, 6.45) is 3.48. The molecule has 23 heavy (non-hydrogen) atoms. The van der Waals surface area contributed by atoms with Gasteiger partial charge in [-0.1, -0.05) is 25.1 Å². The minimum absolute atomic E-state index is 0.168. The van der Waals surface area contributed by atoms with Crippen LogP contribution < -0.4 is 0 Å². The van der Waals surface area contributed by atoms with E-state index in [-0.39, 0.29) is 11.8 Å². The summed E-state index contributed by atoms with van der Waals surface area (Å²) in [5.74, 6) is 2.14. The number of hydrogen-bond acceptors (Lipinski definition) is 5. The Balaban J connectivity index is 1.63. The summed E-state index contributed by atoms with van der Waals surface area (Å²) in [7, 11) is 0. The monoisotopic (exact) mass is 333 g/mol. The quantitative estimate of drug-likeness (QED) is 0.839. The van der Waals surface area contributed by atoms with Crippen molar-refractivity contribution in [1.29, 1.82) is 0 Å². The number of aromatic nitrogens is 2. The maximum atomic E-state index is 12.5. The molecule has 2 aromatic rings. The summed E-state index contributed by atoms with van der Waals surface area (Å²) in [6, 6.07) is 4.00. The van der Waals surface area contributed by atoms with Gasteiger partial charge in [-0.05, 0) is 30.7 Å². The fraction of sp³-hybridized carbons (Fsp3) is 0.588. The van der Waals surface area contributed by atoms with E-state index in [2.05, 4.69) is 24.0 Å². The zero-order chi connectivity index (χ0) is 16.2. The lowest BCUT2D eigenvalue weighted by Crippen LogP contribution is -2.39. The third-order valence-electron chi connectivity index (χ3n) is 4.54. The number of nitrogens with zero attached hydrogens (tertiary/aromatic N) is 3. The smallest absolute Gasteiger partial charge is 0.231 e. The van der Waals surface area contributed by atoms with Gasteiger partial charge >= 0.3 is 0 Å². The maximum absolute atomic E-state index is 12.5. The normalized spacial score (nSPS) is 19.7. The zero-order valence-corrected chi connectivity index (χ0v) is 14.5. The van der Waals surface area contributed by atoms with Crippen molar-refractivity contribution in [3.05, 3.63) is 34.1 Å². The van der Waals surface area contributed by atoms with E-state index in [1.165, 1.54) is 0 Å². The molecule has 1 aliphatic rings. The molecule has 3 rings (SSSR count). The van der Waals surface area contributed by atoms with Crippen molar-refractivity contribution < 1.29 is 9.32 Å². The minimum Gasteiger partial charge on any atom is -0.342 e. The second-order valence-electron chi connectivity index (χ2n) is 6.24. The lowest BCUT2D eigenvalue weighted by molar-refractivity contribution is -0.131. The molecular formula is C17H23N3O2S. The Hall–Kier alpha value is -1.69. The first-order valence-electron chi connectivity index (χ1n) is 8.31. The molecule has 6 heteroatoms. The molecule has 0 N–H and O–H groups in total. The summed E-state index contributed by atoms with van der Waals surface area (Å²) in [5, 5.41) is 6.12. The molecule has 0 radical (unpaired) electrons. The summed E-state index contributed by atoms with van der Waals surface area (Å²) in [6.45, 7) is 5.73. The van der Waals surface area contributed by atoms with Gasteiger partial charge in [0.1, 0.15) is 0 Å². The largest absolute Gasteiger partial charge is 0.342 e. The van der Waals surface area contributed by atoms with Crippen LogP contribution >= 0.6 is 11.3 Å². The molecule has 124 valence electrons. The molecule has 2 atom stereocenters. The molecule has 0 aromatic carbocycles. The van der Waals surface area contributed by atoms with Gasteiger partial charge in [0.2, 0.25) is 11.8 Å². The standard InChI is InChI=1S/C17H23N3O2S/c1-3-12(2)16-18-17(22-19-16)13-6-4-8-20(11-13)15(21)10-14-7-5-9-23-14/h5,7,9,12-13H,3-4,6,8,10-11H2,1-2H3/t12-,13-/m0/s1. The van der Waals surface area contributed by atoms with Crippen molar-refractivity contribution in [2.75, 3.05) is 13.1 Å². The van der Waals surface area contributed by atoms with Gasteiger partial charge < -0.3 is 9.42 Å². The molecule has 1 fully saturated rings. The highest BCUT2D eigenvalue weighted by Gasteiger charge is 2.29. The maximum Gasteiger partial charge on any atom is 0.231 e. The zero-order valence-electron chi connectivity index (χ0n) is 13.7. The summed E-state index contributed by atoms with van der Waals surface area (Å²) < 4.78 is 5.46. The van der Waals surface area contributed by atoms with E-state index in [4.69, 9.17) is 4.52 Å². The lowest BCUT2D eigenvalue weighted by atomic mass is 9.97. The first kappa shape index (κ1) is 16.2. The fourth-order valence-corrected chi connectivity index (χ4v) is 3.57. The molecule has 5 nitrogen and oxygen atoms in total. The highest BCUT2D eigenvalue weighted by Crippen LogP contribution is 2.27. The van der Waals surface area contributed by atoms with Gasteiger partial charge in [0.15, 0.2) is 5.82 Å². The molecule has 1 aliphatic heterocycles. The predicted molar refractivity (Wildman–Crippen MR) is 89.6 cm³/mol. The molecule has 0 unspecified atom stereocenters. The van der Waals surface area contributed by atoms with Crippen LogP contribution in [0.15, 0.2) is 22.0 Å². The van der Waals surface area contributed by atoms with Crippen molar-refractivity contribution in [3.8, 4) is 0 Å². The van der Waals surface area contributed by atoms with Gasteiger partial charge in [-0.3, -0.25) is 4.79 Å². The number of likely N-dealkylation sites (tertiary alicyclic amines) is 1. The van der Waals surface area contributed by atoms with Crippen LogP contribution in [0.1, 0.15) is 61.5 Å². The van der Waals surface area contributed by atoms with Crippen LogP contribution in [0.5, 0.6) is 0 Å². The van der Waals surface area contributed by atoms with Gasteiger partial charge in [0.05, 0.1) is 12.3 Å². The molecule has 0 bridgehead atoms. The topological polar surface area (TPSA) is 59.2 Å². The molecule has 1 amide bonds. The average molecular weight is 333 g/mol. The van der Waals surface area contributed by atoms with Crippen LogP contribution in [-0.4, -0.2) is 34.0 Å². The number of thiophene rings is 1. The van der Waals surface area contributed by atoms with Gasteiger partial charge in [-0.2, -0.15) is 4.98 Å². The van der Waals surface area contributed by atoms with Crippen molar-refractivity contribution in [2.45, 2.75) is 51.4 Å². The Kier molecular flexibility index (Phi) is 5.10. The summed E-state index contributed by atoms with van der Waals surface area (Å²) in [4.78, 5) is 20.1. The number of hydrogen-bond donors (Lipinski definition) is 0. The lowest BCUT2D eigenvalue weighted by Gasteiger charge is -2.31. The first-order valence-corrected chi connectivity index (χ1v) is 9.19. The van der Waals surface area contributed by atoms with Gasteiger partial charge in [0, 0.05) is 23.9 Å². The number of rotatable bonds is 5. The fourth-order valence-electron chi connectivity index (χ4n) is 2.88. The molecule has 3 heterocycles.